The number of anilines is 1. The molecule has 33 nitrogen and oxygen atoms in total. The summed E-state index contributed by atoms with van der Waals surface area (Å²) >= 11 is 0. The van der Waals surface area contributed by atoms with Crippen LogP contribution in [0.3, 0.4) is 0 Å². The van der Waals surface area contributed by atoms with E-state index in [1.54, 1.807) is 24.3 Å². The molecule has 0 aliphatic rings. The van der Waals surface area contributed by atoms with E-state index >= 15 is 0 Å². The molecule has 0 bridgehead atoms. The number of benzene rings is 1. The van der Waals surface area contributed by atoms with Crippen LogP contribution in [0.2, 0.25) is 0 Å². The molecule has 0 saturated carbocycles. The predicted molar refractivity (Wildman–Crippen MR) is 347 cm³/mol. The molecule has 0 saturated heterocycles. The van der Waals surface area contributed by atoms with E-state index in [4.69, 9.17) is 72.8 Å². The number of unbranched alkanes of at least 4 members (excludes halogenated alkanes) is 3. The monoisotopic (exact) mass is 1390 g/mol. The number of carbonyl (C=O) groups is 4. The van der Waals surface area contributed by atoms with Crippen LogP contribution < -0.4 is 27.0 Å². The molecule has 0 aliphatic carbocycles. The van der Waals surface area contributed by atoms with Gasteiger partial charge in [0.25, 0.3) is 0 Å². The molecule has 4 amide bonds. The van der Waals surface area contributed by atoms with Crippen LogP contribution in [0.25, 0.3) is 0 Å². The Kier molecular flexibility index (Phi) is 57.3. The van der Waals surface area contributed by atoms with E-state index in [1.165, 1.54) is 4.90 Å². The van der Waals surface area contributed by atoms with Gasteiger partial charge in [-0.15, -0.1) is 0 Å². The molecule has 10 atom stereocenters. The Morgan fingerprint density at radius 2 is 0.823 bits per heavy atom. The molecule has 0 fully saturated rings. The van der Waals surface area contributed by atoms with Gasteiger partial charge in [-0.3, -0.25) is 24.1 Å². The highest BCUT2D eigenvalue weighted by atomic mass is 16.6. The van der Waals surface area contributed by atoms with Gasteiger partial charge in [0.2, 0.25) is 23.6 Å². The first-order valence-electron chi connectivity index (χ1n) is 33.3. The van der Waals surface area contributed by atoms with Crippen LogP contribution in [0.1, 0.15) is 70.8 Å². The van der Waals surface area contributed by atoms with Crippen molar-refractivity contribution in [2.45, 2.75) is 133 Å². The van der Waals surface area contributed by atoms with Crippen LogP contribution in [-0.2, 0) is 82.6 Å². The minimum Gasteiger partial charge on any atom is -0.394 e. The minimum atomic E-state index is -1.89. The number of nitrogens with two attached hydrogens (primary N) is 1. The van der Waals surface area contributed by atoms with Gasteiger partial charge in [0.15, 0.2) is 0 Å². The normalized spacial score (nSPS) is 15.0. The molecule has 562 valence electrons. The second kappa shape index (κ2) is 61.0. The van der Waals surface area contributed by atoms with Gasteiger partial charge in [-0.25, -0.2) is 0 Å². The first-order chi connectivity index (χ1) is 46.4. The Balaban J connectivity index is 1.92. The van der Waals surface area contributed by atoms with E-state index in [9.17, 15) is 65.1 Å². The van der Waals surface area contributed by atoms with Crippen molar-refractivity contribution in [2.24, 2.45) is 11.7 Å². The van der Waals surface area contributed by atoms with Crippen LogP contribution in [-0.4, -0.2) is 350 Å². The van der Waals surface area contributed by atoms with Crippen molar-refractivity contribution in [2.75, 3.05) is 210 Å². The van der Waals surface area contributed by atoms with Crippen LogP contribution >= 0.6 is 0 Å². The van der Waals surface area contributed by atoms with Crippen LogP contribution in [0.5, 0.6) is 0 Å². The molecule has 0 heterocycles. The third-order valence-corrected chi connectivity index (χ3v) is 14.3. The fourth-order valence-electron chi connectivity index (χ4n) is 8.64. The predicted octanol–water partition coefficient (Wildman–Crippen LogP) is -4.69. The zero-order valence-electron chi connectivity index (χ0n) is 56.4. The van der Waals surface area contributed by atoms with Crippen molar-refractivity contribution in [1.29, 1.82) is 0 Å². The fraction of sp³-hybridized carbons (Fsp3) is 0.841. The zero-order valence-corrected chi connectivity index (χ0v) is 56.4. The Morgan fingerprint density at radius 1 is 0.438 bits per heavy atom. The van der Waals surface area contributed by atoms with Crippen LogP contribution in [0.4, 0.5) is 5.69 Å². The van der Waals surface area contributed by atoms with Crippen molar-refractivity contribution in [3.63, 3.8) is 0 Å². The lowest BCUT2D eigenvalue weighted by molar-refractivity contribution is -0.132. The van der Waals surface area contributed by atoms with E-state index in [-0.39, 0.29) is 82.7 Å². The lowest BCUT2D eigenvalue weighted by Crippen LogP contribution is -2.54. The Hall–Kier alpha value is -3.90. The van der Waals surface area contributed by atoms with E-state index in [2.05, 4.69) is 21.3 Å². The number of nitrogens with one attached hydrogen (secondary N) is 4. The van der Waals surface area contributed by atoms with Gasteiger partial charge in [0, 0.05) is 44.7 Å². The molecular formula is C63H118N6O27. The molecule has 0 spiro atoms. The average molecular weight is 1390 g/mol. The van der Waals surface area contributed by atoms with Crippen molar-refractivity contribution in [3.8, 4) is 0 Å². The van der Waals surface area contributed by atoms with Gasteiger partial charge < -0.3 is 140 Å². The highest BCUT2D eigenvalue weighted by Crippen LogP contribution is 2.15. The third-order valence-electron chi connectivity index (χ3n) is 14.3. The summed E-state index contributed by atoms with van der Waals surface area (Å²) in [6.45, 7) is 10.2. The molecule has 0 aliphatic heterocycles. The van der Waals surface area contributed by atoms with E-state index in [0.717, 1.165) is 0 Å². The summed E-state index contributed by atoms with van der Waals surface area (Å²) in [5, 5.41) is 119. The summed E-state index contributed by atoms with van der Waals surface area (Å²) in [5.41, 5.74) is 6.89. The van der Waals surface area contributed by atoms with Crippen molar-refractivity contribution >= 4 is 29.3 Å². The summed E-state index contributed by atoms with van der Waals surface area (Å²) in [6, 6.07) is 5.07. The Bertz CT molecular complexity index is 1990. The maximum atomic E-state index is 13.4. The van der Waals surface area contributed by atoms with Crippen molar-refractivity contribution in [1.82, 2.24) is 20.9 Å². The second-order valence-corrected chi connectivity index (χ2v) is 22.6. The number of amides is 4. The molecule has 0 aromatic heterocycles. The molecular weight excluding hydrogens is 1270 g/mol. The van der Waals surface area contributed by atoms with Gasteiger partial charge >= 0.3 is 0 Å². The van der Waals surface area contributed by atoms with E-state index < -0.39 is 93.1 Å². The second-order valence-electron chi connectivity index (χ2n) is 22.6. The number of hydrogen-bond acceptors (Lipinski definition) is 29. The highest BCUT2D eigenvalue weighted by Gasteiger charge is 2.35. The maximum Gasteiger partial charge on any atom is 0.246 e. The standard InChI is InChI=1S/C63H118N6O27/c1-47(2)57(63(84)67-50(8-5-6-15-64)62(83)66-49-12-10-48(44-70)11-13-49)68-56(78)9-4-3-7-16-65-55(77)14-18-85-20-22-87-24-26-89-28-30-91-32-34-93-36-38-95-40-41-96-39-37-94-35-33-92-31-29-90-27-25-88-23-21-86-19-17-69(42-51(73)58(79)60(81)53(75)45-71)43-52(74)59(80)61(82)54(76)46-72/h10-13,47,50-54,57-61,70-76,79-82H,3-9,14-46,64H2,1-2H3,(H,65,77)(H,66,83)(H,67,84)(H,68,78)/t50-,51-,52-,53+,54+,57-,58+,59+,60+,61+/m0/s1. The van der Waals surface area contributed by atoms with Gasteiger partial charge in [-0.1, -0.05) is 32.4 Å². The number of hydrogen-bond donors (Lipinski definition) is 16. The summed E-state index contributed by atoms with van der Waals surface area (Å²) < 4.78 is 66.1. The molecule has 33 heteroatoms. The summed E-state index contributed by atoms with van der Waals surface area (Å²) in [5.74, 6) is -1.48. The summed E-state index contributed by atoms with van der Waals surface area (Å²) in [4.78, 5) is 53.0. The maximum absolute atomic E-state index is 13.4. The lowest BCUT2D eigenvalue weighted by Gasteiger charge is -2.33. The summed E-state index contributed by atoms with van der Waals surface area (Å²) in [6.07, 6.45) is -10.3. The fourth-order valence-corrected chi connectivity index (χ4v) is 8.64. The highest BCUT2D eigenvalue weighted by molar-refractivity contribution is 5.98. The smallest absolute Gasteiger partial charge is 0.246 e. The SMILES string of the molecule is CC(C)[C@H](NC(=O)CCCCCNC(=O)CCOCCOCCOCCOCCOCCOCCOCCOCCOCCOCCOCCOCCN(C[C@H](O)[C@@H](O)[C@H](O)[C@H](O)CO)C[C@H](O)[C@@H](O)[C@H](O)[C@H](O)CO)C(=O)N[C@@H](CCCCN)C(=O)Nc1ccc(CO)cc1. The van der Waals surface area contributed by atoms with Gasteiger partial charge in [0.05, 0.1) is 191 Å². The van der Waals surface area contributed by atoms with Gasteiger partial charge in [-0.2, -0.15) is 0 Å². The zero-order chi connectivity index (χ0) is 70.8. The number of carbonyl (C=O) groups excluding carboxylic acids is 4. The largest absolute Gasteiger partial charge is 0.394 e. The quantitative estimate of drug-likeness (QED) is 0.0273. The van der Waals surface area contributed by atoms with Crippen molar-refractivity contribution in [3.05, 3.63) is 29.8 Å². The topological polar surface area (TPSA) is 479 Å². The van der Waals surface area contributed by atoms with E-state index in [0.29, 0.717) is 188 Å². The molecule has 1 aromatic carbocycles. The van der Waals surface area contributed by atoms with E-state index in [1.807, 2.05) is 13.8 Å². The first-order valence-corrected chi connectivity index (χ1v) is 33.3. The molecule has 17 N–H and O–H groups in total. The van der Waals surface area contributed by atoms with Crippen LogP contribution in [0.15, 0.2) is 24.3 Å². The molecule has 0 unspecified atom stereocenters. The third kappa shape index (κ3) is 47.2. The number of rotatable bonds is 68. The number of nitrogens with zero attached hydrogens (tertiary/aromatic N) is 1. The number of aliphatic hydroxyl groups is 11. The lowest BCUT2D eigenvalue weighted by atomic mass is 10.0. The van der Waals surface area contributed by atoms with Crippen molar-refractivity contribution < 1.29 is 132 Å². The minimum absolute atomic E-state index is 0.0168. The molecule has 1 rings (SSSR count). The molecule has 1 aromatic rings. The first kappa shape index (κ1) is 90.1. The molecule has 0 radical (unpaired) electrons. The Labute approximate surface area is 564 Å². The number of aliphatic hydroxyl groups excluding tert-OH is 11. The van der Waals surface area contributed by atoms with Gasteiger partial charge in [-0.05, 0) is 62.3 Å². The average Bonchev–Trinajstić information content (AvgIpc) is 1.06. The summed E-state index contributed by atoms with van der Waals surface area (Å²) in [7, 11) is 0. The Morgan fingerprint density at radius 3 is 1.20 bits per heavy atom. The number of ether oxygens (including phenoxy) is 12. The van der Waals surface area contributed by atoms with Crippen LogP contribution in [0, 0.1) is 5.92 Å². The molecule has 96 heavy (non-hydrogen) atoms. The van der Waals surface area contributed by atoms with Gasteiger partial charge in [0.1, 0.15) is 48.7 Å².